The van der Waals surface area contributed by atoms with Gasteiger partial charge in [0, 0.05) is 6.20 Å². The average molecular weight is 160 g/mol. The lowest BCUT2D eigenvalue weighted by Crippen LogP contribution is -2.00. The largest absolute Gasteiger partial charge is 0.400 e. The summed E-state index contributed by atoms with van der Waals surface area (Å²) in [5.41, 5.74) is 0.727. The summed E-state index contributed by atoms with van der Waals surface area (Å²) in [6.45, 7) is 0. The molecule has 0 bridgehead atoms. The lowest BCUT2D eigenvalue weighted by molar-refractivity contribution is 0.287. The fourth-order valence-corrected chi connectivity index (χ4v) is 0.900. The quantitative estimate of drug-likeness (QED) is 0.473. The summed E-state index contributed by atoms with van der Waals surface area (Å²) in [7, 11) is 2.88. The topological polar surface area (TPSA) is 22.1 Å². The van der Waals surface area contributed by atoms with Gasteiger partial charge in [0.05, 0.1) is 5.69 Å². The predicted octanol–water partition coefficient (Wildman–Crippen LogP) is 0.856. The van der Waals surface area contributed by atoms with Gasteiger partial charge in [-0.05, 0) is 12.1 Å². The number of nitrogens with zero attached hydrogens (tertiary/aromatic N) is 1. The van der Waals surface area contributed by atoms with Crippen LogP contribution in [0.15, 0.2) is 24.4 Å². The third-order valence-electron chi connectivity index (χ3n) is 1.23. The highest BCUT2D eigenvalue weighted by molar-refractivity contribution is 5.98. The molecule has 1 aromatic rings. The van der Waals surface area contributed by atoms with E-state index in [9.17, 15) is 0 Å². The Labute approximate surface area is 69.2 Å². The molecule has 0 N–H and O–H groups in total. The number of terminal acetylenes is 1. The SMILES string of the molecule is C#CC(O[Si])c1ccccn1. The van der Waals surface area contributed by atoms with Gasteiger partial charge in [-0.3, -0.25) is 4.98 Å². The van der Waals surface area contributed by atoms with Crippen LogP contribution in [-0.4, -0.2) is 15.5 Å². The third kappa shape index (κ3) is 1.90. The molecule has 2 nitrogen and oxygen atoms in total. The van der Waals surface area contributed by atoms with Gasteiger partial charge < -0.3 is 4.43 Å². The maximum Gasteiger partial charge on any atom is 0.248 e. The molecule has 3 heteroatoms. The molecule has 1 atom stereocenters. The van der Waals surface area contributed by atoms with Crippen LogP contribution in [0.5, 0.6) is 0 Å². The Morgan fingerprint density at radius 2 is 2.45 bits per heavy atom. The molecule has 1 rings (SSSR count). The van der Waals surface area contributed by atoms with E-state index in [4.69, 9.17) is 10.8 Å². The molecule has 53 valence electrons. The van der Waals surface area contributed by atoms with Gasteiger partial charge in [0.25, 0.3) is 0 Å². The highest BCUT2D eigenvalue weighted by Crippen LogP contribution is 2.10. The zero-order valence-electron chi connectivity index (χ0n) is 5.82. The van der Waals surface area contributed by atoms with Crippen molar-refractivity contribution in [1.82, 2.24) is 4.98 Å². The Bertz CT molecular complexity index is 255. The van der Waals surface area contributed by atoms with Crippen molar-refractivity contribution in [1.29, 1.82) is 0 Å². The van der Waals surface area contributed by atoms with Crippen molar-refractivity contribution in [3.63, 3.8) is 0 Å². The van der Waals surface area contributed by atoms with Crippen molar-refractivity contribution in [3.05, 3.63) is 30.1 Å². The first kappa shape index (κ1) is 7.99. The highest BCUT2D eigenvalue weighted by Gasteiger charge is 2.04. The van der Waals surface area contributed by atoms with Gasteiger partial charge in [0.2, 0.25) is 10.5 Å². The molecule has 1 aromatic heterocycles. The molecule has 1 heterocycles. The summed E-state index contributed by atoms with van der Waals surface area (Å²) >= 11 is 0. The predicted molar refractivity (Wildman–Crippen MR) is 42.7 cm³/mol. The molecular weight excluding hydrogens is 154 g/mol. The van der Waals surface area contributed by atoms with Crippen molar-refractivity contribution >= 4 is 10.5 Å². The summed E-state index contributed by atoms with van der Waals surface area (Å²) in [4.78, 5) is 4.02. The van der Waals surface area contributed by atoms with Gasteiger partial charge in [-0.15, -0.1) is 6.42 Å². The zero-order valence-corrected chi connectivity index (χ0v) is 6.82. The van der Waals surface area contributed by atoms with E-state index in [1.54, 1.807) is 6.20 Å². The average Bonchev–Trinajstić information content (AvgIpc) is 2.09. The fourth-order valence-electron chi connectivity index (χ4n) is 0.711. The van der Waals surface area contributed by atoms with Crippen molar-refractivity contribution in [2.75, 3.05) is 0 Å². The maximum absolute atomic E-state index is 5.17. The molecule has 0 aliphatic rings. The molecule has 0 aromatic carbocycles. The maximum atomic E-state index is 5.17. The van der Waals surface area contributed by atoms with Crippen LogP contribution in [0.2, 0.25) is 0 Å². The molecule has 0 aliphatic heterocycles. The Kier molecular flexibility index (Phi) is 2.84. The molecular formula is C8H6NOSi. The normalized spacial score (nSPS) is 12.0. The van der Waals surface area contributed by atoms with Crippen LogP contribution in [0.25, 0.3) is 0 Å². The second-order valence-corrected chi connectivity index (χ2v) is 2.15. The molecule has 0 saturated heterocycles. The van der Waals surface area contributed by atoms with Crippen LogP contribution >= 0.6 is 0 Å². The first-order valence-corrected chi connectivity index (χ1v) is 3.48. The van der Waals surface area contributed by atoms with E-state index in [1.807, 2.05) is 18.2 Å². The van der Waals surface area contributed by atoms with E-state index in [1.165, 1.54) is 0 Å². The molecule has 11 heavy (non-hydrogen) atoms. The minimum absolute atomic E-state index is 0.409. The van der Waals surface area contributed by atoms with Gasteiger partial charge in [-0.1, -0.05) is 12.0 Å². The minimum atomic E-state index is -0.409. The lowest BCUT2D eigenvalue weighted by atomic mass is 10.2. The monoisotopic (exact) mass is 160 g/mol. The first-order valence-electron chi connectivity index (χ1n) is 3.08. The second kappa shape index (κ2) is 3.91. The van der Waals surface area contributed by atoms with Crippen LogP contribution in [0.1, 0.15) is 11.8 Å². The molecule has 0 amide bonds. The molecule has 0 fully saturated rings. The van der Waals surface area contributed by atoms with Crippen LogP contribution in [0.3, 0.4) is 0 Å². The van der Waals surface area contributed by atoms with E-state index in [0.717, 1.165) is 5.69 Å². The Balaban J connectivity index is 2.85. The summed E-state index contributed by atoms with van der Waals surface area (Å²) in [6.07, 6.45) is 6.43. The molecule has 0 spiro atoms. The second-order valence-electron chi connectivity index (χ2n) is 1.92. The Hall–Kier alpha value is -1.11. The van der Waals surface area contributed by atoms with Crippen molar-refractivity contribution in [3.8, 4) is 12.3 Å². The molecule has 0 aliphatic carbocycles. The van der Waals surface area contributed by atoms with Gasteiger partial charge in [-0.25, -0.2) is 0 Å². The van der Waals surface area contributed by atoms with Crippen LogP contribution in [0.4, 0.5) is 0 Å². The van der Waals surface area contributed by atoms with E-state index in [2.05, 4.69) is 21.4 Å². The molecule has 1 unspecified atom stereocenters. The summed E-state index contributed by atoms with van der Waals surface area (Å²) in [5, 5.41) is 0. The third-order valence-corrected chi connectivity index (χ3v) is 1.46. The van der Waals surface area contributed by atoms with E-state index in [-0.39, 0.29) is 0 Å². The Morgan fingerprint density at radius 3 is 2.91 bits per heavy atom. The number of hydrogen-bond donors (Lipinski definition) is 0. The lowest BCUT2D eigenvalue weighted by Gasteiger charge is -2.06. The summed E-state index contributed by atoms with van der Waals surface area (Å²) < 4.78 is 4.79. The van der Waals surface area contributed by atoms with Crippen LogP contribution in [0, 0.1) is 12.3 Å². The van der Waals surface area contributed by atoms with E-state index < -0.39 is 6.10 Å². The molecule has 0 saturated carbocycles. The van der Waals surface area contributed by atoms with E-state index >= 15 is 0 Å². The van der Waals surface area contributed by atoms with Crippen molar-refractivity contribution in [2.24, 2.45) is 0 Å². The highest BCUT2D eigenvalue weighted by atomic mass is 28.2. The standard InChI is InChI=1S/C8H6NOSi/c1-2-8(10-11)7-5-3-4-6-9-7/h1,3-6,8H. The van der Waals surface area contributed by atoms with Gasteiger partial charge in [0.15, 0.2) is 0 Å². The smallest absolute Gasteiger partial charge is 0.248 e. The Morgan fingerprint density at radius 1 is 1.64 bits per heavy atom. The van der Waals surface area contributed by atoms with Crippen molar-refractivity contribution in [2.45, 2.75) is 6.10 Å². The number of hydrogen-bond acceptors (Lipinski definition) is 2. The van der Waals surface area contributed by atoms with Crippen molar-refractivity contribution < 1.29 is 4.43 Å². The molecule has 3 radical (unpaired) electrons. The minimum Gasteiger partial charge on any atom is -0.400 e. The fraction of sp³-hybridized carbons (Fsp3) is 0.125. The number of aromatic nitrogens is 1. The van der Waals surface area contributed by atoms with E-state index in [0.29, 0.717) is 0 Å². The van der Waals surface area contributed by atoms with Gasteiger partial charge in [0.1, 0.15) is 6.10 Å². The van der Waals surface area contributed by atoms with Gasteiger partial charge >= 0.3 is 0 Å². The summed E-state index contributed by atoms with van der Waals surface area (Å²) in [5.74, 6) is 2.43. The first-order chi connectivity index (χ1) is 5.38. The number of pyridine rings is 1. The van der Waals surface area contributed by atoms with Crippen LogP contribution in [-0.2, 0) is 4.43 Å². The number of rotatable bonds is 2. The summed E-state index contributed by atoms with van der Waals surface area (Å²) in [6, 6.07) is 5.49. The zero-order chi connectivity index (χ0) is 8.10. The van der Waals surface area contributed by atoms with Gasteiger partial charge in [-0.2, -0.15) is 0 Å². The van der Waals surface area contributed by atoms with Crippen LogP contribution < -0.4 is 0 Å².